The highest BCUT2D eigenvalue weighted by Gasteiger charge is 2.18. The average molecular weight is 373 g/mol. The predicted octanol–water partition coefficient (Wildman–Crippen LogP) is 4.39. The summed E-state index contributed by atoms with van der Waals surface area (Å²) in [6, 6.07) is 20.2. The number of imidazole rings is 1. The van der Waals surface area contributed by atoms with Gasteiger partial charge in [0.15, 0.2) is 11.5 Å². The number of rotatable bonds is 4. The van der Waals surface area contributed by atoms with E-state index >= 15 is 0 Å². The van der Waals surface area contributed by atoms with Crippen molar-refractivity contribution in [3.05, 3.63) is 82.4 Å². The van der Waals surface area contributed by atoms with E-state index in [2.05, 4.69) is 4.57 Å². The highest BCUT2D eigenvalue weighted by atomic mass is 16.7. The van der Waals surface area contributed by atoms with Crippen molar-refractivity contribution in [2.24, 2.45) is 0 Å². The van der Waals surface area contributed by atoms with Gasteiger partial charge in [0.05, 0.1) is 16.0 Å². The third-order valence-electron chi connectivity index (χ3n) is 4.75. The fourth-order valence-electron chi connectivity index (χ4n) is 3.44. The van der Waals surface area contributed by atoms with E-state index in [1.54, 1.807) is 12.1 Å². The monoisotopic (exact) mass is 373 g/mol. The molecule has 1 aliphatic rings. The second kappa shape index (κ2) is 6.38. The molecule has 7 nitrogen and oxygen atoms in total. The maximum absolute atomic E-state index is 11.1. The van der Waals surface area contributed by atoms with Crippen molar-refractivity contribution in [1.29, 1.82) is 0 Å². The van der Waals surface area contributed by atoms with Crippen LogP contribution in [0.2, 0.25) is 0 Å². The van der Waals surface area contributed by atoms with Gasteiger partial charge in [0.2, 0.25) is 6.79 Å². The van der Waals surface area contributed by atoms with Gasteiger partial charge in [-0.3, -0.25) is 10.1 Å². The molecule has 0 bridgehead atoms. The summed E-state index contributed by atoms with van der Waals surface area (Å²) in [6.45, 7) is 0.675. The first kappa shape index (κ1) is 16.3. The number of nitro groups is 1. The third-order valence-corrected chi connectivity index (χ3v) is 4.75. The van der Waals surface area contributed by atoms with Gasteiger partial charge >= 0.3 is 0 Å². The summed E-state index contributed by atoms with van der Waals surface area (Å²) < 4.78 is 13.0. The van der Waals surface area contributed by atoms with Crippen LogP contribution in [-0.4, -0.2) is 21.3 Å². The smallest absolute Gasteiger partial charge is 0.269 e. The first-order valence-electron chi connectivity index (χ1n) is 8.78. The summed E-state index contributed by atoms with van der Waals surface area (Å²) in [5, 5.41) is 11.1. The van der Waals surface area contributed by atoms with Crippen LogP contribution in [0.25, 0.3) is 22.4 Å². The molecule has 0 N–H and O–H groups in total. The van der Waals surface area contributed by atoms with Crippen molar-refractivity contribution in [3.63, 3.8) is 0 Å². The molecule has 0 atom stereocenters. The number of non-ortho nitro benzene ring substituents is 1. The Morgan fingerprint density at radius 3 is 2.75 bits per heavy atom. The van der Waals surface area contributed by atoms with Gasteiger partial charge in [-0.25, -0.2) is 4.98 Å². The summed E-state index contributed by atoms with van der Waals surface area (Å²) >= 11 is 0. The zero-order chi connectivity index (χ0) is 19.1. The molecule has 0 saturated heterocycles. The number of ether oxygens (including phenoxy) is 2. The Labute approximate surface area is 159 Å². The average Bonchev–Trinajstić information content (AvgIpc) is 3.32. The van der Waals surface area contributed by atoms with Crippen LogP contribution in [0.15, 0.2) is 66.7 Å². The molecule has 0 saturated carbocycles. The van der Waals surface area contributed by atoms with Gasteiger partial charge in [-0.2, -0.15) is 0 Å². The number of nitro benzene ring substituents is 1. The number of fused-ring (bicyclic) bond motifs is 2. The molecule has 0 aliphatic carbocycles. The van der Waals surface area contributed by atoms with Crippen LogP contribution < -0.4 is 9.47 Å². The molecule has 4 aromatic rings. The molecule has 138 valence electrons. The normalized spacial score (nSPS) is 12.4. The minimum Gasteiger partial charge on any atom is -0.454 e. The number of para-hydroxylation sites is 2. The largest absolute Gasteiger partial charge is 0.454 e. The van der Waals surface area contributed by atoms with Gasteiger partial charge in [0.1, 0.15) is 5.82 Å². The molecule has 1 aliphatic heterocycles. The van der Waals surface area contributed by atoms with Gasteiger partial charge in [-0.15, -0.1) is 0 Å². The maximum Gasteiger partial charge on any atom is 0.269 e. The minimum atomic E-state index is -0.381. The molecule has 0 unspecified atom stereocenters. The third kappa shape index (κ3) is 2.73. The van der Waals surface area contributed by atoms with Gasteiger partial charge in [-0.1, -0.05) is 24.3 Å². The molecule has 3 aromatic carbocycles. The first-order chi connectivity index (χ1) is 13.7. The highest BCUT2D eigenvalue weighted by Crippen LogP contribution is 2.36. The van der Waals surface area contributed by atoms with Crippen molar-refractivity contribution < 1.29 is 14.4 Å². The molecule has 7 heteroatoms. The van der Waals surface area contributed by atoms with E-state index in [9.17, 15) is 10.1 Å². The molecule has 5 rings (SSSR count). The SMILES string of the molecule is O=[N+]([O-])c1cccc(Cn2c(-c3ccc4c(c3)OCO4)nc3ccccc32)c1. The Kier molecular flexibility index (Phi) is 3.72. The molecule has 0 spiro atoms. The van der Waals surface area contributed by atoms with Crippen LogP contribution in [0.5, 0.6) is 11.5 Å². The van der Waals surface area contributed by atoms with Crippen molar-refractivity contribution in [2.45, 2.75) is 6.54 Å². The van der Waals surface area contributed by atoms with Crippen LogP contribution in [0.3, 0.4) is 0 Å². The molecule has 0 fully saturated rings. The van der Waals surface area contributed by atoms with E-state index < -0.39 is 0 Å². The molecule has 0 amide bonds. The van der Waals surface area contributed by atoms with E-state index in [-0.39, 0.29) is 17.4 Å². The molecule has 28 heavy (non-hydrogen) atoms. The number of hydrogen-bond donors (Lipinski definition) is 0. The van der Waals surface area contributed by atoms with E-state index in [0.29, 0.717) is 18.0 Å². The Bertz CT molecular complexity index is 1220. The lowest BCUT2D eigenvalue weighted by molar-refractivity contribution is -0.384. The second-order valence-electron chi connectivity index (χ2n) is 6.51. The van der Waals surface area contributed by atoms with E-state index in [4.69, 9.17) is 14.5 Å². The predicted molar refractivity (Wildman–Crippen MR) is 103 cm³/mol. The summed E-state index contributed by atoms with van der Waals surface area (Å²) in [6.07, 6.45) is 0. The fraction of sp³-hybridized carbons (Fsp3) is 0.0952. The van der Waals surface area contributed by atoms with Crippen LogP contribution in [0.4, 0.5) is 5.69 Å². The highest BCUT2D eigenvalue weighted by molar-refractivity contribution is 5.81. The minimum absolute atomic E-state index is 0.0755. The molecule has 1 aromatic heterocycles. The van der Waals surface area contributed by atoms with Gasteiger partial charge < -0.3 is 14.0 Å². The van der Waals surface area contributed by atoms with Crippen LogP contribution in [0.1, 0.15) is 5.56 Å². The quantitative estimate of drug-likeness (QED) is 0.392. The van der Waals surface area contributed by atoms with Crippen molar-refractivity contribution >= 4 is 16.7 Å². The number of aromatic nitrogens is 2. The van der Waals surface area contributed by atoms with E-state index in [0.717, 1.165) is 28.0 Å². The van der Waals surface area contributed by atoms with Crippen molar-refractivity contribution in [3.8, 4) is 22.9 Å². The number of benzene rings is 3. The van der Waals surface area contributed by atoms with Gasteiger partial charge in [-0.05, 0) is 35.9 Å². The zero-order valence-corrected chi connectivity index (χ0v) is 14.7. The Balaban J connectivity index is 1.64. The Morgan fingerprint density at radius 1 is 1.00 bits per heavy atom. The summed E-state index contributed by atoms with van der Waals surface area (Å²) in [5.74, 6) is 2.17. The number of nitrogens with zero attached hydrogens (tertiary/aromatic N) is 3. The topological polar surface area (TPSA) is 79.4 Å². The van der Waals surface area contributed by atoms with Crippen molar-refractivity contribution in [2.75, 3.05) is 6.79 Å². The second-order valence-corrected chi connectivity index (χ2v) is 6.51. The van der Waals surface area contributed by atoms with Crippen LogP contribution in [0, 0.1) is 10.1 Å². The standard InChI is InChI=1S/C21H15N3O4/c25-24(26)16-5-3-4-14(10-16)12-23-18-7-2-1-6-17(18)22-21(23)15-8-9-19-20(11-15)28-13-27-19/h1-11H,12-13H2. The first-order valence-corrected chi connectivity index (χ1v) is 8.78. The van der Waals surface area contributed by atoms with Gasteiger partial charge in [0, 0.05) is 24.2 Å². The fourth-order valence-corrected chi connectivity index (χ4v) is 3.44. The lowest BCUT2D eigenvalue weighted by Crippen LogP contribution is -2.03. The zero-order valence-electron chi connectivity index (χ0n) is 14.7. The van der Waals surface area contributed by atoms with Gasteiger partial charge in [0.25, 0.3) is 5.69 Å². The molecule has 2 heterocycles. The lowest BCUT2D eigenvalue weighted by atomic mass is 10.1. The van der Waals surface area contributed by atoms with E-state index in [1.807, 2.05) is 48.5 Å². The van der Waals surface area contributed by atoms with Crippen molar-refractivity contribution in [1.82, 2.24) is 9.55 Å². The summed E-state index contributed by atoms with van der Waals surface area (Å²) in [7, 11) is 0. The maximum atomic E-state index is 11.1. The number of hydrogen-bond acceptors (Lipinski definition) is 5. The lowest BCUT2D eigenvalue weighted by Gasteiger charge is -2.10. The molecule has 0 radical (unpaired) electrons. The van der Waals surface area contributed by atoms with Crippen LogP contribution in [-0.2, 0) is 6.54 Å². The molecular formula is C21H15N3O4. The Morgan fingerprint density at radius 2 is 1.86 bits per heavy atom. The molecular weight excluding hydrogens is 358 g/mol. The van der Waals surface area contributed by atoms with E-state index in [1.165, 1.54) is 6.07 Å². The summed E-state index contributed by atoms with van der Waals surface area (Å²) in [4.78, 5) is 15.5. The van der Waals surface area contributed by atoms with Crippen LogP contribution >= 0.6 is 0 Å². The summed E-state index contributed by atoms with van der Waals surface area (Å²) in [5.41, 5.74) is 3.62. The Hall–Kier alpha value is -3.87.